The van der Waals surface area contributed by atoms with E-state index in [1.165, 1.54) is 24.2 Å². The highest BCUT2D eigenvalue weighted by molar-refractivity contribution is 7.98. The molecule has 3 aromatic heterocycles. The van der Waals surface area contributed by atoms with Crippen LogP contribution in [0.1, 0.15) is 25.2 Å². The van der Waals surface area contributed by atoms with Crippen LogP contribution in [-0.2, 0) is 17.0 Å². The van der Waals surface area contributed by atoms with E-state index in [0.29, 0.717) is 23.3 Å². The maximum atomic E-state index is 13.0. The first-order valence-electron chi connectivity index (χ1n) is 8.23. The van der Waals surface area contributed by atoms with Crippen molar-refractivity contribution < 1.29 is 13.5 Å². The molecule has 6 nitrogen and oxygen atoms in total. The number of imidazole rings is 1. The highest BCUT2D eigenvalue weighted by Gasteiger charge is 2.22. The second kappa shape index (κ2) is 7.85. The Bertz CT molecular complexity index is 843. The summed E-state index contributed by atoms with van der Waals surface area (Å²) >= 11 is 2.95. The molecule has 1 fully saturated rings. The molecule has 0 radical (unpaired) electrons. The van der Waals surface area contributed by atoms with Gasteiger partial charge in [0, 0.05) is 19.0 Å². The topological polar surface area (TPSA) is 57.8 Å². The zero-order valence-electron chi connectivity index (χ0n) is 13.8. The minimum absolute atomic E-state index is 0.132. The third-order valence-corrected chi connectivity index (χ3v) is 5.99. The summed E-state index contributed by atoms with van der Waals surface area (Å²) in [5.74, 6) is 1.40. The van der Waals surface area contributed by atoms with Crippen molar-refractivity contribution in [3.8, 4) is 10.7 Å². The Morgan fingerprint density at radius 1 is 1.38 bits per heavy atom. The summed E-state index contributed by atoms with van der Waals surface area (Å²) in [6, 6.07) is 3.97. The summed E-state index contributed by atoms with van der Waals surface area (Å²) in [6.45, 7) is -1.17. The van der Waals surface area contributed by atoms with Gasteiger partial charge in [-0.05, 0) is 24.3 Å². The number of nitrogens with zero attached hydrogens (tertiary/aromatic N) is 5. The number of ether oxygens (including phenoxy) is 1. The van der Waals surface area contributed by atoms with Gasteiger partial charge in [0.15, 0.2) is 11.0 Å². The Balaban J connectivity index is 1.57. The molecule has 0 N–H and O–H groups in total. The second-order valence-electron chi connectivity index (χ2n) is 5.85. The van der Waals surface area contributed by atoms with E-state index in [1.807, 2.05) is 22.1 Å². The molecule has 1 aliphatic heterocycles. The fraction of sp³-hybridized carbons (Fsp3) is 0.438. The van der Waals surface area contributed by atoms with E-state index >= 15 is 0 Å². The quantitative estimate of drug-likeness (QED) is 0.563. The Morgan fingerprint density at radius 2 is 2.31 bits per heavy atom. The minimum atomic E-state index is -2.60. The summed E-state index contributed by atoms with van der Waals surface area (Å²) in [5, 5.41) is 11.3. The lowest BCUT2D eigenvalue weighted by Crippen LogP contribution is -2.16. The van der Waals surface area contributed by atoms with Crippen molar-refractivity contribution in [2.45, 2.75) is 42.9 Å². The summed E-state index contributed by atoms with van der Waals surface area (Å²) in [7, 11) is 0. The van der Waals surface area contributed by atoms with Crippen LogP contribution in [0.3, 0.4) is 0 Å². The van der Waals surface area contributed by atoms with E-state index in [0.717, 1.165) is 34.7 Å². The van der Waals surface area contributed by atoms with Gasteiger partial charge in [0.05, 0.1) is 23.3 Å². The van der Waals surface area contributed by atoms with Crippen molar-refractivity contribution in [2.75, 3.05) is 6.61 Å². The molecule has 0 bridgehead atoms. The lowest BCUT2D eigenvalue weighted by Gasteiger charge is -2.14. The van der Waals surface area contributed by atoms with Crippen molar-refractivity contribution >= 4 is 23.1 Å². The monoisotopic (exact) mass is 397 g/mol. The van der Waals surface area contributed by atoms with E-state index in [1.54, 1.807) is 11.3 Å². The van der Waals surface area contributed by atoms with E-state index in [4.69, 9.17) is 4.74 Å². The fourth-order valence-electron chi connectivity index (χ4n) is 2.90. The Hall–Kier alpha value is -1.78. The largest absolute Gasteiger partial charge is 0.376 e. The van der Waals surface area contributed by atoms with Gasteiger partial charge in [-0.1, -0.05) is 17.8 Å². The number of hydrogen-bond donors (Lipinski definition) is 0. The first kappa shape index (κ1) is 17.6. The minimum Gasteiger partial charge on any atom is -0.376 e. The zero-order valence-corrected chi connectivity index (χ0v) is 15.4. The van der Waals surface area contributed by atoms with Gasteiger partial charge in [-0.25, -0.2) is 4.98 Å². The molecular formula is C16H17F2N5OS2. The summed E-state index contributed by atoms with van der Waals surface area (Å²) in [5.41, 5.74) is 0. The summed E-state index contributed by atoms with van der Waals surface area (Å²) < 4.78 is 34.6. The van der Waals surface area contributed by atoms with Gasteiger partial charge in [0.25, 0.3) is 0 Å². The number of aromatic nitrogens is 5. The smallest absolute Gasteiger partial charge is 0.319 e. The van der Waals surface area contributed by atoms with Gasteiger partial charge in [-0.3, -0.25) is 9.13 Å². The average molecular weight is 397 g/mol. The zero-order chi connectivity index (χ0) is 17.9. The maximum Gasteiger partial charge on any atom is 0.319 e. The van der Waals surface area contributed by atoms with Gasteiger partial charge >= 0.3 is 6.55 Å². The molecule has 0 saturated carbocycles. The van der Waals surface area contributed by atoms with Gasteiger partial charge in [0.1, 0.15) is 5.82 Å². The molecule has 4 rings (SSSR count). The van der Waals surface area contributed by atoms with Crippen LogP contribution in [-0.4, -0.2) is 37.0 Å². The second-order valence-corrected chi connectivity index (χ2v) is 7.74. The number of thioether (sulfide) groups is 1. The van der Waals surface area contributed by atoms with Crippen molar-refractivity contribution in [3.05, 3.63) is 35.7 Å². The summed E-state index contributed by atoms with van der Waals surface area (Å²) in [6.07, 6.45) is 4.86. The van der Waals surface area contributed by atoms with E-state index < -0.39 is 6.55 Å². The molecule has 1 saturated heterocycles. The third-order valence-electron chi connectivity index (χ3n) is 4.16. The van der Waals surface area contributed by atoms with E-state index in [2.05, 4.69) is 15.2 Å². The molecule has 10 heteroatoms. The molecule has 26 heavy (non-hydrogen) atoms. The van der Waals surface area contributed by atoms with Crippen LogP contribution in [0.4, 0.5) is 8.78 Å². The number of hydrogen-bond acceptors (Lipinski definition) is 6. The van der Waals surface area contributed by atoms with Crippen LogP contribution in [0.15, 0.2) is 35.1 Å². The Kier molecular flexibility index (Phi) is 5.32. The van der Waals surface area contributed by atoms with Gasteiger partial charge in [-0.2, -0.15) is 8.78 Å². The third kappa shape index (κ3) is 3.67. The summed E-state index contributed by atoms with van der Waals surface area (Å²) in [4.78, 5) is 5.05. The first-order chi connectivity index (χ1) is 12.7. The average Bonchev–Trinajstić information content (AvgIpc) is 3.41. The number of thiophene rings is 1. The van der Waals surface area contributed by atoms with Gasteiger partial charge < -0.3 is 4.74 Å². The molecule has 0 spiro atoms. The molecular weight excluding hydrogens is 380 g/mol. The van der Waals surface area contributed by atoms with Crippen molar-refractivity contribution in [3.63, 3.8) is 0 Å². The molecule has 0 aliphatic carbocycles. The first-order valence-corrected chi connectivity index (χ1v) is 10.1. The molecule has 0 amide bonds. The molecule has 138 valence electrons. The van der Waals surface area contributed by atoms with Crippen LogP contribution in [0.5, 0.6) is 0 Å². The Labute approximate surface area is 157 Å². The maximum absolute atomic E-state index is 13.0. The molecule has 4 heterocycles. The Morgan fingerprint density at radius 3 is 3.04 bits per heavy atom. The number of rotatable bonds is 7. The predicted molar refractivity (Wildman–Crippen MR) is 95.4 cm³/mol. The predicted octanol–water partition coefficient (Wildman–Crippen LogP) is 4.07. The van der Waals surface area contributed by atoms with E-state index in [9.17, 15) is 8.78 Å². The van der Waals surface area contributed by atoms with Crippen LogP contribution in [0.25, 0.3) is 10.7 Å². The van der Waals surface area contributed by atoms with E-state index in [-0.39, 0.29) is 6.10 Å². The lowest BCUT2D eigenvalue weighted by atomic mass is 10.2. The number of halogens is 2. The standard InChI is InChI=1S/C16H17F2N5OS2/c17-15(18)22-6-5-19-13(22)10-26-16-21-20-14(12-4-2-8-25-12)23(16)9-11-3-1-7-24-11/h2,4-6,8,11,15H,1,3,7,9-10H2. The van der Waals surface area contributed by atoms with Crippen LogP contribution in [0.2, 0.25) is 0 Å². The van der Waals surface area contributed by atoms with Gasteiger partial charge in [-0.15, -0.1) is 21.5 Å². The molecule has 1 atom stereocenters. The van der Waals surface area contributed by atoms with Crippen LogP contribution < -0.4 is 0 Å². The SMILES string of the molecule is FC(F)n1ccnc1CSc1nnc(-c2cccs2)n1CC1CCCO1. The molecule has 1 unspecified atom stereocenters. The normalized spacial score (nSPS) is 17.4. The van der Waals surface area contributed by atoms with Crippen LogP contribution >= 0.6 is 23.1 Å². The van der Waals surface area contributed by atoms with Crippen LogP contribution in [0, 0.1) is 0 Å². The highest BCUT2D eigenvalue weighted by Crippen LogP contribution is 2.30. The van der Waals surface area contributed by atoms with Crippen molar-refractivity contribution in [2.24, 2.45) is 0 Å². The number of alkyl halides is 2. The molecule has 0 aromatic carbocycles. The molecule has 1 aliphatic rings. The van der Waals surface area contributed by atoms with Crippen molar-refractivity contribution in [1.29, 1.82) is 0 Å². The lowest BCUT2D eigenvalue weighted by molar-refractivity contribution is 0.0678. The fourth-order valence-corrected chi connectivity index (χ4v) is 4.52. The van der Waals surface area contributed by atoms with Crippen molar-refractivity contribution in [1.82, 2.24) is 24.3 Å². The highest BCUT2D eigenvalue weighted by atomic mass is 32.2. The van der Waals surface area contributed by atoms with Gasteiger partial charge in [0.2, 0.25) is 0 Å². The molecule has 3 aromatic rings.